The third-order valence-electron chi connectivity index (χ3n) is 4.62. The molecule has 0 spiro atoms. The van der Waals surface area contributed by atoms with E-state index in [2.05, 4.69) is 10.6 Å². The Kier molecular flexibility index (Phi) is 6.74. The summed E-state index contributed by atoms with van der Waals surface area (Å²) in [6, 6.07) is 17.4. The van der Waals surface area contributed by atoms with Gasteiger partial charge in [-0.05, 0) is 60.9 Å². The number of non-ortho nitro benzene ring substituents is 1. The van der Waals surface area contributed by atoms with Crippen molar-refractivity contribution in [3.63, 3.8) is 0 Å². The van der Waals surface area contributed by atoms with Gasteiger partial charge in [0.05, 0.1) is 16.2 Å². The summed E-state index contributed by atoms with van der Waals surface area (Å²) in [5.74, 6) is -0.878. The number of nitro benzene ring substituents is 1. The highest BCUT2D eigenvalue weighted by atomic mass is 16.6. The lowest BCUT2D eigenvalue weighted by Gasteiger charge is -2.13. The summed E-state index contributed by atoms with van der Waals surface area (Å²) in [6.07, 6.45) is 0.533. The van der Waals surface area contributed by atoms with Crippen molar-refractivity contribution in [1.82, 2.24) is 0 Å². The van der Waals surface area contributed by atoms with Crippen LogP contribution in [-0.2, 0) is 6.42 Å². The summed E-state index contributed by atoms with van der Waals surface area (Å²) in [5, 5.41) is 25.3. The third kappa shape index (κ3) is 5.52. The molecule has 8 nitrogen and oxygen atoms in total. The van der Waals surface area contributed by atoms with Crippen LogP contribution in [0.4, 0.5) is 17.1 Å². The minimum absolute atomic E-state index is 0.0485. The van der Waals surface area contributed by atoms with Gasteiger partial charge in [-0.1, -0.05) is 18.2 Å². The highest BCUT2D eigenvalue weighted by molar-refractivity contribution is 6.12. The number of hydrogen-bond acceptors (Lipinski definition) is 5. The Bertz CT molecular complexity index is 1110. The first-order valence-electron chi connectivity index (χ1n) is 9.55. The van der Waals surface area contributed by atoms with Crippen molar-refractivity contribution in [2.24, 2.45) is 0 Å². The Morgan fingerprint density at radius 2 is 1.61 bits per heavy atom. The monoisotopic (exact) mass is 419 g/mol. The molecule has 158 valence electrons. The summed E-state index contributed by atoms with van der Waals surface area (Å²) in [4.78, 5) is 35.7. The van der Waals surface area contributed by atoms with Crippen molar-refractivity contribution in [2.75, 3.05) is 17.2 Å². The van der Waals surface area contributed by atoms with E-state index in [-0.39, 0.29) is 23.4 Å². The highest BCUT2D eigenvalue weighted by Gasteiger charge is 2.16. The van der Waals surface area contributed by atoms with Gasteiger partial charge in [-0.15, -0.1) is 0 Å². The van der Waals surface area contributed by atoms with Gasteiger partial charge in [0, 0.05) is 30.0 Å². The lowest BCUT2D eigenvalue weighted by Crippen LogP contribution is -2.18. The molecule has 3 N–H and O–H groups in total. The molecule has 3 aromatic rings. The smallest absolute Gasteiger partial charge is 0.269 e. The highest BCUT2D eigenvalue weighted by Crippen LogP contribution is 2.21. The van der Waals surface area contributed by atoms with Crippen LogP contribution in [0.15, 0.2) is 66.7 Å². The molecule has 0 atom stereocenters. The van der Waals surface area contributed by atoms with Crippen molar-refractivity contribution < 1.29 is 19.6 Å². The normalized spacial score (nSPS) is 10.4. The molecule has 0 aliphatic heterocycles. The maximum atomic E-state index is 12.8. The second kappa shape index (κ2) is 9.64. The van der Waals surface area contributed by atoms with Crippen LogP contribution in [0.1, 0.15) is 31.8 Å². The van der Waals surface area contributed by atoms with E-state index in [1.165, 1.54) is 24.3 Å². The number of amides is 2. The van der Waals surface area contributed by atoms with Crippen molar-refractivity contribution in [3.8, 4) is 0 Å². The molecular formula is C23H21N3O5. The van der Waals surface area contributed by atoms with Crippen molar-refractivity contribution in [3.05, 3.63) is 99.1 Å². The van der Waals surface area contributed by atoms with Crippen LogP contribution in [0.25, 0.3) is 0 Å². The van der Waals surface area contributed by atoms with E-state index in [4.69, 9.17) is 5.11 Å². The predicted molar refractivity (Wildman–Crippen MR) is 117 cm³/mol. The average molecular weight is 419 g/mol. The van der Waals surface area contributed by atoms with E-state index in [0.29, 0.717) is 17.8 Å². The standard InChI is InChI=1S/C23H21N3O5/c1-15-2-11-20(23(29)24-18-7-3-16(4-8-18)12-13-27)21(14-15)25-22(28)17-5-9-19(10-6-17)26(30)31/h2-11,14,27H,12-13H2,1H3,(H,24,29)(H,25,28). The second-order valence-electron chi connectivity index (χ2n) is 6.93. The van der Waals surface area contributed by atoms with Gasteiger partial charge in [-0.2, -0.15) is 0 Å². The number of nitro groups is 1. The minimum Gasteiger partial charge on any atom is -0.396 e. The number of anilines is 2. The Labute approximate surface area is 178 Å². The van der Waals surface area contributed by atoms with Crippen molar-refractivity contribution in [1.29, 1.82) is 0 Å². The molecule has 0 saturated carbocycles. The van der Waals surface area contributed by atoms with Crippen LogP contribution in [0, 0.1) is 17.0 Å². The van der Waals surface area contributed by atoms with Crippen molar-refractivity contribution >= 4 is 28.9 Å². The topological polar surface area (TPSA) is 122 Å². The Morgan fingerprint density at radius 3 is 2.23 bits per heavy atom. The van der Waals surface area contributed by atoms with Crippen LogP contribution in [0.3, 0.4) is 0 Å². The molecule has 0 radical (unpaired) electrons. The molecule has 0 aliphatic rings. The third-order valence-corrected chi connectivity index (χ3v) is 4.62. The number of aliphatic hydroxyl groups excluding tert-OH is 1. The zero-order valence-corrected chi connectivity index (χ0v) is 16.8. The molecule has 2 amide bonds. The van der Waals surface area contributed by atoms with Gasteiger partial charge in [-0.3, -0.25) is 19.7 Å². The van der Waals surface area contributed by atoms with E-state index in [1.54, 1.807) is 30.3 Å². The van der Waals surface area contributed by atoms with Crippen LogP contribution in [-0.4, -0.2) is 28.5 Å². The maximum absolute atomic E-state index is 12.8. The number of rotatable bonds is 7. The van der Waals surface area contributed by atoms with Crippen LogP contribution in [0.2, 0.25) is 0 Å². The molecule has 0 fully saturated rings. The number of hydrogen-bond donors (Lipinski definition) is 3. The molecule has 0 heterocycles. The molecule has 0 bridgehead atoms. The second-order valence-corrected chi connectivity index (χ2v) is 6.93. The van der Waals surface area contributed by atoms with Crippen molar-refractivity contribution in [2.45, 2.75) is 13.3 Å². The number of benzene rings is 3. The zero-order valence-electron chi connectivity index (χ0n) is 16.8. The summed E-state index contributed by atoms with van der Waals surface area (Å²) in [6.45, 7) is 1.88. The number of carbonyl (C=O) groups excluding carboxylic acids is 2. The maximum Gasteiger partial charge on any atom is 0.269 e. The molecule has 0 aromatic heterocycles. The van der Waals surface area contributed by atoms with E-state index >= 15 is 0 Å². The lowest BCUT2D eigenvalue weighted by atomic mass is 10.1. The fourth-order valence-corrected chi connectivity index (χ4v) is 2.97. The van der Waals surface area contributed by atoms with Crippen LogP contribution >= 0.6 is 0 Å². The molecule has 3 rings (SSSR count). The zero-order chi connectivity index (χ0) is 22.4. The summed E-state index contributed by atoms with van der Waals surface area (Å²) < 4.78 is 0. The van der Waals surface area contributed by atoms with Crippen LogP contribution < -0.4 is 10.6 Å². The first-order chi connectivity index (χ1) is 14.9. The Balaban J connectivity index is 1.78. The fourth-order valence-electron chi connectivity index (χ4n) is 2.97. The number of nitrogens with one attached hydrogen (secondary N) is 2. The van der Waals surface area contributed by atoms with Gasteiger partial charge >= 0.3 is 0 Å². The SMILES string of the molecule is Cc1ccc(C(=O)Nc2ccc(CCO)cc2)c(NC(=O)c2ccc([N+](=O)[O-])cc2)c1. The lowest BCUT2D eigenvalue weighted by molar-refractivity contribution is -0.384. The largest absolute Gasteiger partial charge is 0.396 e. The molecule has 3 aromatic carbocycles. The molecule has 0 saturated heterocycles. The van der Waals surface area contributed by atoms with E-state index in [1.807, 2.05) is 19.1 Å². The van der Waals surface area contributed by atoms with Gasteiger partial charge in [-0.25, -0.2) is 0 Å². The number of aryl methyl sites for hydroxylation is 1. The Morgan fingerprint density at radius 1 is 0.935 bits per heavy atom. The Hall–Kier alpha value is -4.04. The van der Waals surface area contributed by atoms with Crippen LogP contribution in [0.5, 0.6) is 0 Å². The number of carbonyl (C=O) groups is 2. The van der Waals surface area contributed by atoms with Gasteiger partial charge in [0.1, 0.15) is 0 Å². The minimum atomic E-state index is -0.541. The van der Waals surface area contributed by atoms with E-state index < -0.39 is 16.7 Å². The molecule has 31 heavy (non-hydrogen) atoms. The molecular weight excluding hydrogens is 398 g/mol. The number of aliphatic hydroxyl groups is 1. The average Bonchev–Trinajstić information content (AvgIpc) is 2.75. The molecule has 0 aliphatic carbocycles. The predicted octanol–water partition coefficient (Wildman–Crippen LogP) is 3.94. The van der Waals surface area contributed by atoms with Gasteiger partial charge < -0.3 is 15.7 Å². The van der Waals surface area contributed by atoms with E-state index in [0.717, 1.165) is 11.1 Å². The fraction of sp³-hybridized carbons (Fsp3) is 0.130. The van der Waals surface area contributed by atoms with E-state index in [9.17, 15) is 19.7 Å². The first kappa shape index (κ1) is 21.7. The number of nitrogens with zero attached hydrogens (tertiary/aromatic N) is 1. The first-order valence-corrected chi connectivity index (χ1v) is 9.55. The summed E-state index contributed by atoms with van der Waals surface area (Å²) >= 11 is 0. The molecule has 0 unspecified atom stereocenters. The summed E-state index contributed by atoms with van der Waals surface area (Å²) in [7, 11) is 0. The quantitative estimate of drug-likeness (QED) is 0.395. The summed E-state index contributed by atoms with van der Waals surface area (Å²) in [5.41, 5.74) is 3.11. The van der Waals surface area contributed by atoms with Gasteiger partial charge in [0.25, 0.3) is 17.5 Å². The van der Waals surface area contributed by atoms with Gasteiger partial charge in [0.2, 0.25) is 0 Å². The molecule has 8 heteroatoms. The van der Waals surface area contributed by atoms with Gasteiger partial charge in [0.15, 0.2) is 0 Å².